The molecule has 0 bridgehead atoms. The molecule has 1 aliphatic rings. The molecular formula is C21H22ClN3O2S. The van der Waals surface area contributed by atoms with E-state index in [4.69, 9.17) is 11.6 Å². The van der Waals surface area contributed by atoms with Crippen LogP contribution in [0.15, 0.2) is 64.5 Å². The summed E-state index contributed by atoms with van der Waals surface area (Å²) < 4.78 is 25.3. The van der Waals surface area contributed by atoms with Crippen molar-refractivity contribution in [3.8, 4) is 6.07 Å². The highest BCUT2D eigenvalue weighted by Gasteiger charge is 2.27. The van der Waals surface area contributed by atoms with E-state index >= 15 is 0 Å². The number of rotatable bonds is 6. The van der Waals surface area contributed by atoms with E-state index < -0.39 is 15.1 Å². The summed E-state index contributed by atoms with van der Waals surface area (Å²) in [6.07, 6.45) is 2.99. The Balaban J connectivity index is 1.58. The molecule has 0 radical (unpaired) electrons. The maximum absolute atomic E-state index is 12.6. The van der Waals surface area contributed by atoms with Crippen LogP contribution in [0.4, 0.5) is 0 Å². The zero-order chi connectivity index (χ0) is 20.0. The van der Waals surface area contributed by atoms with Gasteiger partial charge >= 0.3 is 0 Å². The number of likely N-dealkylation sites (tertiary alicyclic amines) is 1. The zero-order valence-electron chi connectivity index (χ0n) is 15.4. The molecule has 1 atom stereocenters. The number of hydrogen-bond donors (Lipinski definition) is 0. The first-order chi connectivity index (χ1) is 13.5. The van der Waals surface area contributed by atoms with Gasteiger partial charge in [0.15, 0.2) is 15.1 Å². The molecule has 0 aliphatic carbocycles. The Hall–Kier alpha value is -2.20. The van der Waals surface area contributed by atoms with Gasteiger partial charge in [-0.3, -0.25) is 9.89 Å². The molecular weight excluding hydrogens is 394 g/mol. The number of nitrogens with zero attached hydrogens (tertiary/aromatic N) is 3. The van der Waals surface area contributed by atoms with Crippen molar-refractivity contribution < 1.29 is 8.42 Å². The highest BCUT2D eigenvalue weighted by Crippen LogP contribution is 2.20. The monoisotopic (exact) mass is 415 g/mol. The van der Waals surface area contributed by atoms with E-state index in [1.54, 1.807) is 0 Å². The fourth-order valence-corrected chi connectivity index (χ4v) is 4.53. The third-order valence-electron chi connectivity index (χ3n) is 4.84. The average Bonchev–Trinajstić information content (AvgIpc) is 2.70. The van der Waals surface area contributed by atoms with Crippen LogP contribution in [0.25, 0.3) is 0 Å². The van der Waals surface area contributed by atoms with Gasteiger partial charge in [0.2, 0.25) is 0 Å². The van der Waals surface area contributed by atoms with Crippen molar-refractivity contribution in [3.63, 3.8) is 0 Å². The van der Waals surface area contributed by atoms with Crippen molar-refractivity contribution in [1.82, 2.24) is 4.90 Å². The summed E-state index contributed by atoms with van der Waals surface area (Å²) in [5, 5.41) is 8.51. The highest BCUT2D eigenvalue weighted by molar-refractivity contribution is 7.93. The standard InChI is InChI=1S/C21H22ClN3O2S/c22-18-6-8-20(9-7-18)28(26,27)21(14-23)15-24-19-10-12-25(13-11-19)16-17-4-2-1-3-5-17/h1-9,15,19,21H,10-13,16H2. The van der Waals surface area contributed by atoms with E-state index in [1.165, 1.54) is 36.0 Å². The molecule has 7 heteroatoms. The highest BCUT2D eigenvalue weighted by atomic mass is 35.5. The van der Waals surface area contributed by atoms with Crippen molar-refractivity contribution in [2.45, 2.75) is 35.6 Å². The first-order valence-electron chi connectivity index (χ1n) is 9.17. The molecule has 0 amide bonds. The van der Waals surface area contributed by atoms with Crippen molar-refractivity contribution >= 4 is 27.7 Å². The molecule has 1 unspecified atom stereocenters. The van der Waals surface area contributed by atoms with Crippen molar-refractivity contribution in [3.05, 3.63) is 65.2 Å². The lowest BCUT2D eigenvalue weighted by atomic mass is 10.0. The van der Waals surface area contributed by atoms with Crippen molar-refractivity contribution in [2.75, 3.05) is 13.1 Å². The van der Waals surface area contributed by atoms with Crippen LogP contribution in [0, 0.1) is 11.3 Å². The number of nitriles is 1. The molecule has 28 heavy (non-hydrogen) atoms. The molecule has 5 nitrogen and oxygen atoms in total. The number of piperidine rings is 1. The molecule has 1 saturated heterocycles. The molecule has 1 heterocycles. The van der Waals surface area contributed by atoms with Crippen LogP contribution >= 0.6 is 11.6 Å². The predicted molar refractivity (Wildman–Crippen MR) is 111 cm³/mol. The third kappa shape index (κ3) is 5.20. The Bertz CT molecular complexity index is 945. The molecule has 2 aromatic carbocycles. The molecule has 0 aromatic heterocycles. The number of halogens is 1. The Labute approximate surface area is 171 Å². The summed E-state index contributed by atoms with van der Waals surface area (Å²) in [5.74, 6) is 0. The van der Waals surface area contributed by atoms with Gasteiger partial charge in [-0.05, 0) is 42.7 Å². The Morgan fingerprint density at radius 3 is 2.39 bits per heavy atom. The fraction of sp³-hybridized carbons (Fsp3) is 0.333. The van der Waals surface area contributed by atoms with E-state index in [0.29, 0.717) is 5.02 Å². The second-order valence-electron chi connectivity index (χ2n) is 6.84. The first-order valence-corrected chi connectivity index (χ1v) is 11.1. The Morgan fingerprint density at radius 1 is 1.14 bits per heavy atom. The van der Waals surface area contributed by atoms with Gasteiger partial charge in [-0.1, -0.05) is 41.9 Å². The minimum atomic E-state index is -3.80. The lowest BCUT2D eigenvalue weighted by molar-refractivity contribution is 0.206. The lowest BCUT2D eigenvalue weighted by Gasteiger charge is -2.30. The van der Waals surface area contributed by atoms with Crippen LogP contribution in [-0.4, -0.2) is 43.9 Å². The predicted octanol–water partition coefficient (Wildman–Crippen LogP) is 3.74. The largest absolute Gasteiger partial charge is 0.299 e. The fourth-order valence-electron chi connectivity index (χ4n) is 3.22. The van der Waals surface area contributed by atoms with Gasteiger partial charge in [0.25, 0.3) is 0 Å². The molecule has 1 fully saturated rings. The number of sulfone groups is 1. The van der Waals surface area contributed by atoms with Gasteiger partial charge in [0, 0.05) is 30.9 Å². The summed E-state index contributed by atoms with van der Waals surface area (Å²) >= 11 is 5.81. The minimum Gasteiger partial charge on any atom is -0.299 e. The van der Waals surface area contributed by atoms with Gasteiger partial charge < -0.3 is 0 Å². The van der Waals surface area contributed by atoms with E-state index in [0.717, 1.165) is 32.5 Å². The number of benzene rings is 2. The second kappa shape index (κ2) is 9.33. The van der Waals surface area contributed by atoms with Crippen LogP contribution in [0.5, 0.6) is 0 Å². The molecule has 2 aromatic rings. The van der Waals surface area contributed by atoms with Crippen molar-refractivity contribution in [2.24, 2.45) is 4.99 Å². The van der Waals surface area contributed by atoms with Crippen molar-refractivity contribution in [1.29, 1.82) is 5.26 Å². The molecule has 146 valence electrons. The SMILES string of the molecule is N#CC(C=NC1CCN(Cc2ccccc2)CC1)S(=O)(=O)c1ccc(Cl)cc1. The molecule has 0 spiro atoms. The summed E-state index contributed by atoms with van der Waals surface area (Å²) in [5.41, 5.74) is 1.28. The summed E-state index contributed by atoms with van der Waals surface area (Å²) in [7, 11) is -3.80. The Kier molecular flexibility index (Phi) is 6.84. The topological polar surface area (TPSA) is 73.5 Å². The van der Waals surface area contributed by atoms with Crippen LogP contribution in [0.3, 0.4) is 0 Å². The lowest BCUT2D eigenvalue weighted by Crippen LogP contribution is -2.35. The normalized spacial score (nSPS) is 17.4. The smallest absolute Gasteiger partial charge is 0.199 e. The van der Waals surface area contributed by atoms with E-state index in [9.17, 15) is 13.7 Å². The van der Waals surface area contributed by atoms with Gasteiger partial charge in [-0.25, -0.2) is 8.42 Å². The molecule has 0 N–H and O–H groups in total. The van der Waals surface area contributed by atoms with Gasteiger partial charge in [0.05, 0.1) is 17.0 Å². The third-order valence-corrected chi connectivity index (χ3v) is 6.92. The Morgan fingerprint density at radius 2 is 1.79 bits per heavy atom. The zero-order valence-corrected chi connectivity index (χ0v) is 17.0. The van der Waals surface area contributed by atoms with Crippen LogP contribution in [-0.2, 0) is 16.4 Å². The van der Waals surface area contributed by atoms with Gasteiger partial charge in [-0.2, -0.15) is 5.26 Å². The van der Waals surface area contributed by atoms with Gasteiger partial charge in [-0.15, -0.1) is 0 Å². The van der Waals surface area contributed by atoms with Gasteiger partial charge in [0.1, 0.15) is 0 Å². The molecule has 3 rings (SSSR count). The van der Waals surface area contributed by atoms with E-state index in [1.807, 2.05) is 24.3 Å². The summed E-state index contributed by atoms with van der Waals surface area (Å²) in [6.45, 7) is 2.71. The first kappa shape index (κ1) is 20.5. The maximum Gasteiger partial charge on any atom is 0.199 e. The second-order valence-corrected chi connectivity index (χ2v) is 9.35. The number of aliphatic imine (C=N–C) groups is 1. The van der Waals surface area contributed by atoms with E-state index in [-0.39, 0.29) is 10.9 Å². The van der Waals surface area contributed by atoms with Crippen LogP contribution < -0.4 is 0 Å². The molecule has 0 saturated carbocycles. The summed E-state index contributed by atoms with van der Waals surface area (Å²) in [4.78, 5) is 6.87. The van der Waals surface area contributed by atoms with E-state index in [2.05, 4.69) is 22.0 Å². The average molecular weight is 416 g/mol. The van der Waals surface area contributed by atoms with Crippen LogP contribution in [0.1, 0.15) is 18.4 Å². The molecule has 1 aliphatic heterocycles. The maximum atomic E-state index is 12.6. The minimum absolute atomic E-state index is 0.0447. The summed E-state index contributed by atoms with van der Waals surface area (Å²) in [6, 6.07) is 18.0. The number of hydrogen-bond acceptors (Lipinski definition) is 5. The quantitative estimate of drug-likeness (QED) is 0.673. The van der Waals surface area contributed by atoms with Crippen LogP contribution in [0.2, 0.25) is 5.02 Å².